The van der Waals surface area contributed by atoms with E-state index in [1.54, 1.807) is 12.0 Å². The molecule has 1 aliphatic rings. The number of carbonyl (C=O) groups is 1. The number of ether oxygens (including phenoxy) is 1. The highest BCUT2D eigenvalue weighted by molar-refractivity contribution is 5.79. The fourth-order valence-corrected chi connectivity index (χ4v) is 3.79. The molecular weight excluding hydrogens is 338 g/mol. The van der Waals surface area contributed by atoms with Gasteiger partial charge in [0.2, 0.25) is 0 Å². The Morgan fingerprint density at radius 3 is 2.41 bits per heavy atom. The lowest BCUT2D eigenvalue weighted by molar-refractivity contribution is -1.02. The molecule has 1 saturated heterocycles. The van der Waals surface area contributed by atoms with Crippen LogP contribution in [0.3, 0.4) is 0 Å². The average Bonchev–Trinajstić information content (AvgIpc) is 2.73. The maximum absolute atomic E-state index is 12.6. The van der Waals surface area contributed by atoms with Crippen molar-refractivity contribution in [2.45, 2.75) is 26.1 Å². The van der Waals surface area contributed by atoms with Crippen LogP contribution in [-0.4, -0.2) is 45.2 Å². The van der Waals surface area contributed by atoms with Crippen molar-refractivity contribution in [3.63, 3.8) is 0 Å². The Kier molecular flexibility index (Phi) is 6.85. The molecular formula is C22H31N3O2+2. The van der Waals surface area contributed by atoms with Gasteiger partial charge in [-0.2, -0.15) is 0 Å². The normalized spacial score (nSPS) is 20.7. The summed E-state index contributed by atoms with van der Waals surface area (Å²) in [7, 11) is 1.66. The molecule has 0 spiro atoms. The van der Waals surface area contributed by atoms with E-state index in [0.717, 1.165) is 44.0 Å². The highest BCUT2D eigenvalue weighted by Gasteiger charge is 2.30. The Morgan fingerprint density at radius 2 is 1.70 bits per heavy atom. The van der Waals surface area contributed by atoms with E-state index in [4.69, 9.17) is 4.74 Å². The maximum Gasteiger partial charge on any atom is 0.278 e. The number of rotatable bonds is 7. The lowest BCUT2D eigenvalue weighted by Gasteiger charge is -2.32. The number of benzene rings is 2. The number of hydrogen-bond acceptors (Lipinski definition) is 2. The zero-order valence-corrected chi connectivity index (χ0v) is 16.3. The topological polar surface area (TPSA) is 47.2 Å². The van der Waals surface area contributed by atoms with Crippen LogP contribution in [-0.2, 0) is 17.9 Å². The van der Waals surface area contributed by atoms with Crippen LogP contribution in [0, 0.1) is 0 Å². The second kappa shape index (κ2) is 9.53. The number of quaternary nitrogens is 2. The summed E-state index contributed by atoms with van der Waals surface area (Å²) in [5, 5.41) is 3.08. The second-order valence-electron chi connectivity index (χ2n) is 7.32. The number of para-hydroxylation sites is 1. The summed E-state index contributed by atoms with van der Waals surface area (Å²) in [5.41, 5.74) is 2.39. The molecule has 0 unspecified atom stereocenters. The molecule has 0 aromatic heterocycles. The van der Waals surface area contributed by atoms with Gasteiger partial charge >= 0.3 is 0 Å². The molecule has 1 amide bonds. The van der Waals surface area contributed by atoms with Gasteiger partial charge in [0.1, 0.15) is 38.5 Å². The first kappa shape index (κ1) is 19.4. The SMILES string of the molecule is COc1ccccc1CNC(=O)[C@@H](C)[NH+]1CC[NH+](Cc2ccccc2)CC1. The summed E-state index contributed by atoms with van der Waals surface area (Å²) in [5.74, 6) is 0.929. The lowest BCUT2D eigenvalue weighted by Crippen LogP contribution is -3.29. The van der Waals surface area contributed by atoms with Crippen LogP contribution in [0.1, 0.15) is 18.1 Å². The van der Waals surface area contributed by atoms with E-state index in [9.17, 15) is 4.79 Å². The number of amides is 1. The van der Waals surface area contributed by atoms with E-state index in [1.807, 2.05) is 31.2 Å². The van der Waals surface area contributed by atoms with Gasteiger partial charge in [0.15, 0.2) is 6.04 Å². The van der Waals surface area contributed by atoms with Crippen molar-refractivity contribution in [2.75, 3.05) is 33.3 Å². The van der Waals surface area contributed by atoms with E-state index in [1.165, 1.54) is 10.5 Å². The molecule has 5 heteroatoms. The van der Waals surface area contributed by atoms with Gasteiger partial charge in [-0.25, -0.2) is 0 Å². The molecule has 0 radical (unpaired) electrons. The maximum atomic E-state index is 12.6. The van der Waals surface area contributed by atoms with Gasteiger partial charge in [0, 0.05) is 17.7 Å². The van der Waals surface area contributed by atoms with Gasteiger partial charge in [-0.15, -0.1) is 0 Å². The Bertz CT molecular complexity index is 727. The molecule has 27 heavy (non-hydrogen) atoms. The summed E-state index contributed by atoms with van der Waals surface area (Å²) in [6, 6.07) is 18.4. The first-order valence-electron chi connectivity index (χ1n) is 9.79. The molecule has 5 nitrogen and oxygen atoms in total. The smallest absolute Gasteiger partial charge is 0.278 e. The summed E-state index contributed by atoms with van der Waals surface area (Å²) >= 11 is 0. The third-order valence-electron chi connectivity index (χ3n) is 5.55. The molecule has 1 aliphatic heterocycles. The van der Waals surface area contributed by atoms with Crippen LogP contribution in [0.2, 0.25) is 0 Å². The van der Waals surface area contributed by atoms with Crippen LogP contribution in [0.15, 0.2) is 54.6 Å². The first-order chi connectivity index (χ1) is 13.2. The molecule has 0 aliphatic carbocycles. The van der Waals surface area contributed by atoms with E-state index in [-0.39, 0.29) is 11.9 Å². The molecule has 1 heterocycles. The fourth-order valence-electron chi connectivity index (χ4n) is 3.79. The minimum atomic E-state index is -0.0296. The quantitative estimate of drug-likeness (QED) is 0.627. The van der Waals surface area contributed by atoms with Crippen molar-refractivity contribution >= 4 is 5.91 Å². The Hall–Kier alpha value is -2.37. The summed E-state index contributed by atoms with van der Waals surface area (Å²) in [6.07, 6.45) is 0. The highest BCUT2D eigenvalue weighted by atomic mass is 16.5. The average molecular weight is 370 g/mol. The standard InChI is InChI=1S/C22H29N3O2/c1-18(22(26)23-16-20-10-6-7-11-21(20)27-2)25-14-12-24(13-15-25)17-19-8-4-3-5-9-19/h3-11,18H,12-17H2,1-2H3,(H,23,26)/p+2/t18-/m1/s1. The van der Waals surface area contributed by atoms with Gasteiger partial charge in [0.25, 0.3) is 5.91 Å². The molecule has 1 atom stereocenters. The second-order valence-corrected chi connectivity index (χ2v) is 7.32. The fraction of sp³-hybridized carbons (Fsp3) is 0.409. The van der Waals surface area contributed by atoms with Crippen LogP contribution in [0.25, 0.3) is 0 Å². The van der Waals surface area contributed by atoms with Crippen molar-refractivity contribution in [3.05, 3.63) is 65.7 Å². The van der Waals surface area contributed by atoms with Gasteiger partial charge in [-0.1, -0.05) is 48.5 Å². The van der Waals surface area contributed by atoms with Crippen LogP contribution < -0.4 is 19.9 Å². The Morgan fingerprint density at radius 1 is 1.04 bits per heavy atom. The van der Waals surface area contributed by atoms with Crippen molar-refractivity contribution in [2.24, 2.45) is 0 Å². The van der Waals surface area contributed by atoms with Crippen LogP contribution in [0.5, 0.6) is 5.75 Å². The van der Waals surface area contributed by atoms with Crippen molar-refractivity contribution in [3.8, 4) is 5.75 Å². The van der Waals surface area contributed by atoms with Gasteiger partial charge in [0.05, 0.1) is 7.11 Å². The minimum absolute atomic E-state index is 0.0296. The number of piperazine rings is 1. The minimum Gasteiger partial charge on any atom is -0.496 e. The molecule has 2 aromatic carbocycles. The van der Waals surface area contributed by atoms with Crippen LogP contribution in [0.4, 0.5) is 0 Å². The zero-order chi connectivity index (χ0) is 19.1. The van der Waals surface area contributed by atoms with Crippen molar-refractivity contribution < 1.29 is 19.3 Å². The van der Waals surface area contributed by atoms with Crippen molar-refractivity contribution in [1.82, 2.24) is 5.32 Å². The predicted molar refractivity (Wildman–Crippen MR) is 106 cm³/mol. The van der Waals surface area contributed by atoms with E-state index < -0.39 is 0 Å². The predicted octanol–water partition coefficient (Wildman–Crippen LogP) is -0.316. The van der Waals surface area contributed by atoms with E-state index >= 15 is 0 Å². The van der Waals surface area contributed by atoms with Gasteiger partial charge < -0.3 is 19.9 Å². The number of carbonyl (C=O) groups excluding carboxylic acids is 1. The number of hydrogen-bond donors (Lipinski definition) is 3. The lowest BCUT2D eigenvalue weighted by atomic mass is 10.1. The molecule has 2 aromatic rings. The summed E-state index contributed by atoms with van der Waals surface area (Å²) in [6.45, 7) is 7.89. The molecule has 3 rings (SSSR count). The highest BCUT2D eigenvalue weighted by Crippen LogP contribution is 2.16. The monoisotopic (exact) mass is 369 g/mol. The molecule has 0 saturated carbocycles. The summed E-state index contributed by atoms with van der Waals surface area (Å²) < 4.78 is 5.36. The Balaban J connectivity index is 1.45. The van der Waals surface area contributed by atoms with Gasteiger partial charge in [-0.3, -0.25) is 4.79 Å². The Labute approximate surface area is 161 Å². The molecule has 1 fully saturated rings. The van der Waals surface area contributed by atoms with Gasteiger partial charge in [-0.05, 0) is 13.0 Å². The molecule has 3 N–H and O–H groups in total. The number of methoxy groups -OCH3 is 1. The first-order valence-corrected chi connectivity index (χ1v) is 9.79. The number of nitrogens with one attached hydrogen (secondary N) is 3. The third-order valence-corrected chi connectivity index (χ3v) is 5.55. The molecule has 144 valence electrons. The third kappa shape index (κ3) is 5.31. The largest absolute Gasteiger partial charge is 0.496 e. The van der Waals surface area contributed by atoms with Crippen molar-refractivity contribution in [1.29, 1.82) is 0 Å². The summed E-state index contributed by atoms with van der Waals surface area (Å²) in [4.78, 5) is 15.6. The molecule has 0 bridgehead atoms. The van der Waals surface area contributed by atoms with E-state index in [0.29, 0.717) is 6.54 Å². The van der Waals surface area contributed by atoms with Crippen LogP contribution >= 0.6 is 0 Å². The van der Waals surface area contributed by atoms with E-state index in [2.05, 4.69) is 35.6 Å². The zero-order valence-electron chi connectivity index (χ0n) is 16.3.